The molecule has 19 heavy (non-hydrogen) atoms. The molecule has 1 aliphatic heterocycles. The first-order valence-corrected chi connectivity index (χ1v) is 6.00. The van der Waals surface area contributed by atoms with Crippen LogP contribution in [0.3, 0.4) is 0 Å². The summed E-state index contributed by atoms with van der Waals surface area (Å²) in [6.45, 7) is 0. The number of hydrogen-bond donors (Lipinski definition) is 2. The molecular weight excluding hydrogens is 260 g/mol. The molecule has 98 valence electrons. The van der Waals surface area contributed by atoms with Crippen LogP contribution in [0.2, 0.25) is 0 Å². The third kappa shape index (κ3) is 3.23. The highest BCUT2D eigenvalue weighted by Gasteiger charge is 2.10. The maximum Gasteiger partial charge on any atom is 0.170 e. The summed E-state index contributed by atoms with van der Waals surface area (Å²) < 4.78 is 0. The number of aromatic nitrogens is 1. The molecule has 5 heteroatoms. The summed E-state index contributed by atoms with van der Waals surface area (Å²) in [5, 5.41) is 0. The number of nitrogens with zero attached hydrogens (tertiary/aromatic N) is 2. The monoisotopic (exact) mass is 274 g/mol. The largest absolute Gasteiger partial charge is 0.286 e. The lowest BCUT2D eigenvalue weighted by molar-refractivity contribution is 0.944. The Balaban J connectivity index is 0.00000133. The highest BCUT2D eigenvalue weighted by atomic mass is 35.5. The summed E-state index contributed by atoms with van der Waals surface area (Å²) in [4.78, 5) is 8.73. The molecule has 1 aliphatic rings. The average Bonchev–Trinajstić information content (AvgIpc) is 2.46. The fourth-order valence-electron chi connectivity index (χ4n) is 1.91. The summed E-state index contributed by atoms with van der Waals surface area (Å²) in [5.74, 6) is 1.72. The van der Waals surface area contributed by atoms with Crippen molar-refractivity contribution in [1.82, 2.24) is 10.4 Å². The molecular formula is C14H15ClN4. The second-order valence-corrected chi connectivity index (χ2v) is 4.17. The number of pyridine rings is 1. The number of aliphatic imine (C=N–C) groups is 1. The van der Waals surface area contributed by atoms with Crippen LogP contribution in [0.25, 0.3) is 0 Å². The minimum Gasteiger partial charge on any atom is -0.286 e. The van der Waals surface area contributed by atoms with Gasteiger partial charge in [-0.1, -0.05) is 30.3 Å². The van der Waals surface area contributed by atoms with E-state index in [2.05, 4.69) is 45.1 Å². The summed E-state index contributed by atoms with van der Waals surface area (Å²) in [6, 6.07) is 14.3. The number of benzene rings is 1. The van der Waals surface area contributed by atoms with Crippen LogP contribution in [0.5, 0.6) is 0 Å². The first-order valence-electron chi connectivity index (χ1n) is 6.00. The first kappa shape index (κ1) is 13.4. The van der Waals surface area contributed by atoms with Gasteiger partial charge in [-0.15, -0.1) is 12.4 Å². The summed E-state index contributed by atoms with van der Waals surface area (Å²) >= 11 is 0. The number of halogens is 1. The molecule has 0 aliphatic carbocycles. The molecule has 0 atom stereocenters. The number of hydrazine groups is 1. The van der Waals surface area contributed by atoms with E-state index in [9.17, 15) is 0 Å². The summed E-state index contributed by atoms with van der Waals surface area (Å²) in [5.41, 5.74) is 8.35. The summed E-state index contributed by atoms with van der Waals surface area (Å²) in [7, 11) is 0. The Bertz CT molecular complexity index is 569. The molecule has 0 fully saturated rings. The van der Waals surface area contributed by atoms with Gasteiger partial charge in [-0.05, 0) is 24.1 Å². The van der Waals surface area contributed by atoms with Gasteiger partial charge in [0.1, 0.15) is 11.5 Å². The van der Waals surface area contributed by atoms with Gasteiger partial charge in [0, 0.05) is 12.6 Å². The van der Waals surface area contributed by atoms with Crippen molar-refractivity contribution in [2.24, 2.45) is 4.99 Å². The Morgan fingerprint density at radius 1 is 0.895 bits per heavy atom. The predicted molar refractivity (Wildman–Crippen MR) is 80.1 cm³/mol. The van der Waals surface area contributed by atoms with Gasteiger partial charge >= 0.3 is 0 Å². The van der Waals surface area contributed by atoms with Crippen LogP contribution >= 0.6 is 12.4 Å². The SMILES string of the molecule is Cl.c1ccc(CCC2=Nc3cccnc3NN2)cc1. The van der Waals surface area contributed by atoms with Crippen molar-refractivity contribution in [3.05, 3.63) is 54.2 Å². The van der Waals surface area contributed by atoms with Gasteiger partial charge in [0.15, 0.2) is 5.82 Å². The Kier molecular flexibility index (Phi) is 4.36. The number of anilines is 1. The molecule has 3 rings (SSSR count). The topological polar surface area (TPSA) is 49.3 Å². The Hall–Kier alpha value is -2.07. The zero-order chi connectivity index (χ0) is 12.2. The quantitative estimate of drug-likeness (QED) is 0.904. The average molecular weight is 275 g/mol. The molecule has 0 saturated carbocycles. The molecule has 4 nitrogen and oxygen atoms in total. The van der Waals surface area contributed by atoms with E-state index in [4.69, 9.17) is 0 Å². The third-order valence-corrected chi connectivity index (χ3v) is 2.86. The molecule has 0 spiro atoms. The van der Waals surface area contributed by atoms with E-state index < -0.39 is 0 Å². The van der Waals surface area contributed by atoms with Crippen molar-refractivity contribution in [3.63, 3.8) is 0 Å². The molecule has 2 heterocycles. The molecule has 0 amide bonds. The second kappa shape index (κ2) is 6.20. The maximum atomic E-state index is 4.54. The van der Waals surface area contributed by atoms with Crippen LogP contribution < -0.4 is 10.9 Å². The van der Waals surface area contributed by atoms with E-state index in [1.807, 2.05) is 18.2 Å². The van der Waals surface area contributed by atoms with Crippen LogP contribution in [0.15, 0.2) is 53.7 Å². The Morgan fingerprint density at radius 2 is 1.74 bits per heavy atom. The Morgan fingerprint density at radius 3 is 2.58 bits per heavy atom. The lowest BCUT2D eigenvalue weighted by Crippen LogP contribution is -2.32. The fraction of sp³-hybridized carbons (Fsp3) is 0.143. The van der Waals surface area contributed by atoms with Crippen LogP contribution in [-0.2, 0) is 6.42 Å². The first-order chi connectivity index (χ1) is 8.92. The number of amidine groups is 1. The minimum absolute atomic E-state index is 0. The van der Waals surface area contributed by atoms with Crippen molar-refractivity contribution in [1.29, 1.82) is 0 Å². The van der Waals surface area contributed by atoms with Gasteiger partial charge in [0.2, 0.25) is 0 Å². The molecule has 1 aromatic heterocycles. The van der Waals surface area contributed by atoms with Gasteiger partial charge in [-0.2, -0.15) is 0 Å². The molecule has 2 aromatic rings. The predicted octanol–water partition coefficient (Wildman–Crippen LogP) is 3.10. The number of rotatable bonds is 3. The Labute approximate surface area is 118 Å². The fourth-order valence-corrected chi connectivity index (χ4v) is 1.91. The highest BCUT2D eigenvalue weighted by Crippen LogP contribution is 2.23. The zero-order valence-electron chi connectivity index (χ0n) is 10.3. The van der Waals surface area contributed by atoms with Gasteiger partial charge in [0.05, 0.1) is 0 Å². The van der Waals surface area contributed by atoms with Gasteiger partial charge in [-0.25, -0.2) is 9.98 Å². The van der Waals surface area contributed by atoms with Crippen molar-refractivity contribution >= 4 is 29.7 Å². The van der Waals surface area contributed by atoms with Crippen molar-refractivity contribution in [2.75, 3.05) is 5.43 Å². The summed E-state index contributed by atoms with van der Waals surface area (Å²) in [6.07, 6.45) is 3.60. The van der Waals surface area contributed by atoms with Crippen LogP contribution in [0, 0.1) is 0 Å². The van der Waals surface area contributed by atoms with Crippen molar-refractivity contribution in [3.8, 4) is 0 Å². The van der Waals surface area contributed by atoms with Crippen LogP contribution in [-0.4, -0.2) is 10.8 Å². The molecule has 1 aromatic carbocycles. The normalized spacial score (nSPS) is 12.3. The minimum atomic E-state index is 0. The number of fused-ring (bicyclic) bond motifs is 1. The van der Waals surface area contributed by atoms with Gasteiger partial charge in [-0.3, -0.25) is 10.9 Å². The molecule has 2 N–H and O–H groups in total. The van der Waals surface area contributed by atoms with E-state index in [-0.39, 0.29) is 12.4 Å². The maximum absolute atomic E-state index is 4.54. The van der Waals surface area contributed by atoms with Crippen LogP contribution in [0.1, 0.15) is 12.0 Å². The molecule has 0 unspecified atom stereocenters. The highest BCUT2D eigenvalue weighted by molar-refractivity contribution is 5.90. The van der Waals surface area contributed by atoms with E-state index in [1.54, 1.807) is 6.20 Å². The van der Waals surface area contributed by atoms with Crippen molar-refractivity contribution in [2.45, 2.75) is 12.8 Å². The number of aryl methyl sites for hydroxylation is 1. The van der Waals surface area contributed by atoms with E-state index in [0.717, 1.165) is 30.2 Å². The molecule has 0 saturated heterocycles. The number of hydrogen-bond acceptors (Lipinski definition) is 4. The van der Waals surface area contributed by atoms with Gasteiger partial charge in [0.25, 0.3) is 0 Å². The number of nitrogens with one attached hydrogen (secondary N) is 2. The van der Waals surface area contributed by atoms with E-state index >= 15 is 0 Å². The molecule has 0 bridgehead atoms. The third-order valence-electron chi connectivity index (χ3n) is 2.86. The second-order valence-electron chi connectivity index (χ2n) is 4.17. The smallest absolute Gasteiger partial charge is 0.170 e. The molecule has 0 radical (unpaired) electrons. The lowest BCUT2D eigenvalue weighted by atomic mass is 10.1. The standard InChI is InChI=1S/C14H14N4.ClH/c1-2-5-11(6-3-1)8-9-13-16-12-7-4-10-15-14(12)18-17-13;/h1-7,10H,8-9H2,(H,15,18)(H,16,17);1H. The van der Waals surface area contributed by atoms with E-state index in [0.29, 0.717) is 0 Å². The zero-order valence-corrected chi connectivity index (χ0v) is 11.2. The van der Waals surface area contributed by atoms with E-state index in [1.165, 1.54) is 5.56 Å². The van der Waals surface area contributed by atoms with Crippen molar-refractivity contribution < 1.29 is 0 Å². The lowest BCUT2D eigenvalue weighted by Gasteiger charge is -2.18. The van der Waals surface area contributed by atoms with Gasteiger partial charge < -0.3 is 0 Å². The van der Waals surface area contributed by atoms with Crippen LogP contribution in [0.4, 0.5) is 11.5 Å².